The highest BCUT2D eigenvalue weighted by Crippen LogP contribution is 2.41. The molecule has 3 N–H and O–H groups in total. The minimum absolute atomic E-state index is 0.0649. The second kappa shape index (κ2) is 8.19. The number of nitrogens with zero attached hydrogens (tertiary/aromatic N) is 1. The van der Waals surface area contributed by atoms with Gasteiger partial charge in [-0.25, -0.2) is 4.79 Å². The van der Waals surface area contributed by atoms with Crippen LogP contribution in [0.25, 0.3) is 0 Å². The summed E-state index contributed by atoms with van der Waals surface area (Å²) >= 11 is 0. The molecule has 1 aromatic rings. The Kier molecular flexibility index (Phi) is 6.11. The predicted octanol–water partition coefficient (Wildman–Crippen LogP) is 4.15. The molecule has 27 heavy (non-hydrogen) atoms. The van der Waals surface area contributed by atoms with E-state index in [-0.39, 0.29) is 18.2 Å². The molecule has 2 aliphatic rings. The number of benzene rings is 1. The van der Waals surface area contributed by atoms with Crippen LogP contribution in [-0.4, -0.2) is 35.7 Å². The number of carbonyl (C=O) groups excluding carboxylic acids is 1. The van der Waals surface area contributed by atoms with Crippen LogP contribution in [0.15, 0.2) is 24.3 Å². The Morgan fingerprint density at radius 3 is 2.41 bits per heavy atom. The summed E-state index contributed by atoms with van der Waals surface area (Å²) in [5.41, 5.74) is 8.08. The molecule has 0 bridgehead atoms. The highest BCUT2D eigenvalue weighted by atomic mass is 16.6. The number of ether oxygens (including phenoxy) is 1. The molecular weight excluding hydrogens is 338 g/mol. The normalized spacial score (nSPS) is 23.1. The van der Waals surface area contributed by atoms with Gasteiger partial charge >= 0.3 is 6.09 Å². The lowest BCUT2D eigenvalue weighted by Gasteiger charge is -2.29. The molecule has 1 saturated heterocycles. The molecule has 1 heterocycles. The Morgan fingerprint density at radius 1 is 1.22 bits per heavy atom. The third kappa shape index (κ3) is 5.94. The van der Waals surface area contributed by atoms with Crippen LogP contribution < -0.4 is 11.1 Å². The first kappa shape index (κ1) is 20.2. The fourth-order valence-corrected chi connectivity index (χ4v) is 3.85. The van der Waals surface area contributed by atoms with Crippen LogP contribution in [0.1, 0.15) is 76.6 Å². The standard InChI is InChI=1S/C22H35N3O2/c1-15(23)17-7-9-18(10-8-17)20(13-16-5-6-16)25-12-11-19(14-25)24-21(26)27-22(2,3)4/h7-10,15-16,19-20H,5-6,11-14,23H2,1-4H3,(H,24,26)/t15-,19+,20?/m0/s1. The summed E-state index contributed by atoms with van der Waals surface area (Å²) in [6, 6.07) is 9.43. The van der Waals surface area contributed by atoms with E-state index in [0.717, 1.165) is 25.4 Å². The van der Waals surface area contributed by atoms with E-state index in [1.165, 1.54) is 30.4 Å². The van der Waals surface area contributed by atoms with Crippen molar-refractivity contribution < 1.29 is 9.53 Å². The number of alkyl carbamates (subject to hydrolysis) is 1. The molecule has 0 aromatic heterocycles. The van der Waals surface area contributed by atoms with Gasteiger partial charge in [0.1, 0.15) is 5.60 Å². The fourth-order valence-electron chi connectivity index (χ4n) is 3.85. The second-order valence-electron chi connectivity index (χ2n) is 9.28. The maximum absolute atomic E-state index is 12.1. The highest BCUT2D eigenvalue weighted by Gasteiger charge is 2.34. The monoisotopic (exact) mass is 373 g/mol. The van der Waals surface area contributed by atoms with Gasteiger partial charge < -0.3 is 15.8 Å². The van der Waals surface area contributed by atoms with Crippen LogP contribution in [0.5, 0.6) is 0 Å². The van der Waals surface area contributed by atoms with Crippen LogP contribution in [0.3, 0.4) is 0 Å². The van der Waals surface area contributed by atoms with Gasteiger partial charge in [-0.1, -0.05) is 37.1 Å². The molecule has 3 atom stereocenters. The summed E-state index contributed by atoms with van der Waals surface area (Å²) in [5, 5.41) is 3.05. The number of rotatable bonds is 6. The third-order valence-corrected chi connectivity index (χ3v) is 5.48. The van der Waals surface area contributed by atoms with Gasteiger partial charge in [-0.05, 0) is 57.6 Å². The predicted molar refractivity (Wildman–Crippen MR) is 108 cm³/mol. The molecule has 5 nitrogen and oxygen atoms in total. The van der Waals surface area contributed by atoms with Crippen molar-refractivity contribution >= 4 is 6.09 Å². The first-order valence-corrected chi connectivity index (χ1v) is 10.3. The van der Waals surface area contributed by atoms with Crippen molar-refractivity contribution in [3.63, 3.8) is 0 Å². The quantitative estimate of drug-likeness (QED) is 0.786. The molecule has 1 aliphatic carbocycles. The maximum Gasteiger partial charge on any atom is 0.407 e. The minimum Gasteiger partial charge on any atom is -0.444 e. The van der Waals surface area contributed by atoms with Crippen LogP contribution in [-0.2, 0) is 4.74 Å². The summed E-state index contributed by atoms with van der Waals surface area (Å²) in [6.45, 7) is 9.59. The lowest BCUT2D eigenvalue weighted by molar-refractivity contribution is 0.0504. The van der Waals surface area contributed by atoms with Crippen LogP contribution in [0, 0.1) is 5.92 Å². The van der Waals surface area contributed by atoms with E-state index in [4.69, 9.17) is 10.5 Å². The minimum atomic E-state index is -0.460. The highest BCUT2D eigenvalue weighted by molar-refractivity contribution is 5.68. The number of hydrogen-bond acceptors (Lipinski definition) is 4. The lowest BCUT2D eigenvalue weighted by atomic mass is 9.97. The number of amides is 1. The van der Waals surface area contributed by atoms with Gasteiger partial charge in [0.2, 0.25) is 0 Å². The van der Waals surface area contributed by atoms with E-state index in [9.17, 15) is 4.79 Å². The molecule has 150 valence electrons. The van der Waals surface area contributed by atoms with Crippen LogP contribution in [0.2, 0.25) is 0 Å². The molecule has 0 spiro atoms. The number of nitrogens with one attached hydrogen (secondary N) is 1. The van der Waals surface area contributed by atoms with Gasteiger partial charge in [0.05, 0.1) is 0 Å². The number of hydrogen-bond donors (Lipinski definition) is 2. The number of carbonyl (C=O) groups is 1. The molecule has 2 fully saturated rings. The third-order valence-electron chi connectivity index (χ3n) is 5.48. The molecule has 1 aliphatic heterocycles. The zero-order chi connectivity index (χ0) is 19.6. The first-order valence-electron chi connectivity index (χ1n) is 10.3. The van der Waals surface area contributed by atoms with E-state index in [2.05, 4.69) is 34.5 Å². The van der Waals surface area contributed by atoms with Crippen molar-refractivity contribution in [1.29, 1.82) is 0 Å². The van der Waals surface area contributed by atoms with E-state index in [0.29, 0.717) is 6.04 Å². The molecular formula is C22H35N3O2. The average molecular weight is 374 g/mol. The second-order valence-corrected chi connectivity index (χ2v) is 9.28. The zero-order valence-corrected chi connectivity index (χ0v) is 17.2. The Hall–Kier alpha value is -1.59. The van der Waals surface area contributed by atoms with Crippen molar-refractivity contribution in [3.8, 4) is 0 Å². The van der Waals surface area contributed by atoms with Gasteiger partial charge in [-0.3, -0.25) is 4.90 Å². The molecule has 5 heteroatoms. The molecule has 3 rings (SSSR count). The number of likely N-dealkylation sites (tertiary alicyclic amines) is 1. The van der Waals surface area contributed by atoms with Crippen LogP contribution >= 0.6 is 0 Å². The van der Waals surface area contributed by atoms with Crippen LogP contribution in [0.4, 0.5) is 4.79 Å². The summed E-state index contributed by atoms with van der Waals surface area (Å²) < 4.78 is 5.41. The van der Waals surface area contributed by atoms with Gasteiger partial charge in [0.25, 0.3) is 0 Å². The Bertz CT molecular complexity index is 632. The largest absolute Gasteiger partial charge is 0.444 e. The topological polar surface area (TPSA) is 67.6 Å². The van der Waals surface area contributed by atoms with Gasteiger partial charge in [-0.2, -0.15) is 0 Å². The van der Waals surface area contributed by atoms with E-state index in [1.807, 2.05) is 27.7 Å². The Morgan fingerprint density at radius 2 is 1.85 bits per heavy atom. The Balaban J connectivity index is 1.63. The van der Waals surface area contributed by atoms with Crippen molar-refractivity contribution in [1.82, 2.24) is 10.2 Å². The maximum atomic E-state index is 12.1. The van der Waals surface area contributed by atoms with Crippen molar-refractivity contribution in [2.45, 2.75) is 77.1 Å². The van der Waals surface area contributed by atoms with Gasteiger partial charge in [-0.15, -0.1) is 0 Å². The van der Waals surface area contributed by atoms with E-state index >= 15 is 0 Å². The van der Waals surface area contributed by atoms with E-state index < -0.39 is 5.60 Å². The Labute approximate surface area is 163 Å². The van der Waals surface area contributed by atoms with Crippen molar-refractivity contribution in [3.05, 3.63) is 35.4 Å². The van der Waals surface area contributed by atoms with Crippen molar-refractivity contribution in [2.75, 3.05) is 13.1 Å². The molecule has 1 unspecified atom stereocenters. The molecule has 1 saturated carbocycles. The summed E-state index contributed by atoms with van der Waals surface area (Å²) in [5.74, 6) is 0.848. The summed E-state index contributed by atoms with van der Waals surface area (Å²) in [7, 11) is 0. The molecule has 1 amide bonds. The summed E-state index contributed by atoms with van der Waals surface area (Å²) in [6.07, 6.45) is 4.56. The van der Waals surface area contributed by atoms with Crippen molar-refractivity contribution in [2.24, 2.45) is 11.7 Å². The zero-order valence-electron chi connectivity index (χ0n) is 17.2. The molecule has 0 radical (unpaired) electrons. The molecule has 1 aromatic carbocycles. The summed E-state index contributed by atoms with van der Waals surface area (Å²) in [4.78, 5) is 14.6. The first-order chi connectivity index (χ1) is 12.7. The van der Waals surface area contributed by atoms with Gasteiger partial charge in [0.15, 0.2) is 0 Å². The van der Waals surface area contributed by atoms with Gasteiger partial charge in [0, 0.05) is 31.2 Å². The fraction of sp³-hybridized carbons (Fsp3) is 0.682. The lowest BCUT2D eigenvalue weighted by Crippen LogP contribution is -2.41. The van der Waals surface area contributed by atoms with E-state index in [1.54, 1.807) is 0 Å². The smallest absolute Gasteiger partial charge is 0.407 e. The number of nitrogens with two attached hydrogens (primary N) is 1. The average Bonchev–Trinajstić information content (AvgIpc) is 3.28. The SMILES string of the molecule is C[C@H](N)c1ccc(C(CC2CC2)N2CC[C@@H](NC(=O)OC(C)(C)C)C2)cc1.